The molecule has 0 bridgehead atoms. The third kappa shape index (κ3) is 4.73. The molecule has 3 aromatic heterocycles. The van der Waals surface area contributed by atoms with E-state index >= 15 is 0 Å². The van der Waals surface area contributed by atoms with Crippen LogP contribution in [0.15, 0.2) is 53.3 Å². The molecule has 29 heavy (non-hydrogen) atoms. The molecule has 8 nitrogen and oxygen atoms in total. The van der Waals surface area contributed by atoms with Gasteiger partial charge in [-0.2, -0.15) is 0 Å². The summed E-state index contributed by atoms with van der Waals surface area (Å²) in [5, 5.41) is 0. The standard InChI is InChI=1S/C21H19N3O5/c1-3-28-20(26)16-9-5-7-14(22-16)18-11-13(25)12-19(24-18)15-8-6-10-17(23-15)21(27)29-4-2/h5-12H,3-4H2,1-2H3,(H,24,25). The number of carbonyl (C=O) groups is 2. The van der Waals surface area contributed by atoms with Crippen molar-refractivity contribution in [3.63, 3.8) is 0 Å². The summed E-state index contributed by atoms with van der Waals surface area (Å²) in [7, 11) is 0. The average molecular weight is 393 g/mol. The second kappa shape index (κ2) is 8.92. The summed E-state index contributed by atoms with van der Waals surface area (Å²) in [5.74, 6) is -1.09. The fraction of sp³-hybridized carbons (Fsp3) is 0.190. The first kappa shape index (κ1) is 19.9. The van der Waals surface area contributed by atoms with Crippen molar-refractivity contribution in [1.82, 2.24) is 15.0 Å². The van der Waals surface area contributed by atoms with Gasteiger partial charge in [0.15, 0.2) is 5.43 Å². The number of nitrogens with zero attached hydrogens (tertiary/aromatic N) is 2. The van der Waals surface area contributed by atoms with Crippen LogP contribution in [0.4, 0.5) is 0 Å². The van der Waals surface area contributed by atoms with Gasteiger partial charge in [-0.25, -0.2) is 19.6 Å². The van der Waals surface area contributed by atoms with Gasteiger partial charge in [-0.3, -0.25) is 4.79 Å². The Bertz CT molecular complexity index is 1020. The van der Waals surface area contributed by atoms with Gasteiger partial charge in [-0.05, 0) is 38.1 Å². The molecule has 0 aliphatic rings. The lowest BCUT2D eigenvalue weighted by Gasteiger charge is -2.08. The van der Waals surface area contributed by atoms with E-state index < -0.39 is 11.9 Å². The van der Waals surface area contributed by atoms with E-state index in [9.17, 15) is 14.4 Å². The van der Waals surface area contributed by atoms with Gasteiger partial charge < -0.3 is 14.5 Å². The molecule has 1 N–H and O–H groups in total. The number of hydrogen-bond acceptors (Lipinski definition) is 7. The first-order valence-corrected chi connectivity index (χ1v) is 9.05. The summed E-state index contributed by atoms with van der Waals surface area (Å²) in [4.78, 5) is 47.7. The fourth-order valence-electron chi connectivity index (χ4n) is 2.63. The molecule has 0 aromatic carbocycles. The van der Waals surface area contributed by atoms with E-state index in [-0.39, 0.29) is 30.0 Å². The maximum atomic E-state index is 12.2. The van der Waals surface area contributed by atoms with Crippen LogP contribution in [-0.2, 0) is 9.47 Å². The van der Waals surface area contributed by atoms with Gasteiger partial charge in [0, 0.05) is 12.1 Å². The average Bonchev–Trinajstić information content (AvgIpc) is 2.74. The molecule has 0 amide bonds. The van der Waals surface area contributed by atoms with E-state index in [4.69, 9.17) is 9.47 Å². The number of aromatic nitrogens is 3. The van der Waals surface area contributed by atoms with E-state index in [1.165, 1.54) is 24.3 Å². The van der Waals surface area contributed by atoms with Crippen LogP contribution in [0, 0.1) is 0 Å². The highest BCUT2D eigenvalue weighted by atomic mass is 16.5. The summed E-state index contributed by atoms with van der Waals surface area (Å²) >= 11 is 0. The maximum absolute atomic E-state index is 12.2. The summed E-state index contributed by atoms with van der Waals surface area (Å²) in [5.41, 5.74) is 1.60. The summed E-state index contributed by atoms with van der Waals surface area (Å²) in [6, 6.07) is 12.5. The number of hydrogen-bond donors (Lipinski definition) is 1. The molecule has 0 fully saturated rings. The molecule has 0 unspecified atom stereocenters. The van der Waals surface area contributed by atoms with Gasteiger partial charge in [0.05, 0.1) is 36.0 Å². The molecule has 0 saturated carbocycles. The summed E-state index contributed by atoms with van der Waals surface area (Å²) < 4.78 is 9.93. The van der Waals surface area contributed by atoms with E-state index in [1.807, 2.05) is 0 Å². The molecule has 3 aromatic rings. The molecule has 3 heterocycles. The van der Waals surface area contributed by atoms with Crippen LogP contribution in [0.25, 0.3) is 22.8 Å². The van der Waals surface area contributed by atoms with Crippen molar-refractivity contribution < 1.29 is 19.1 Å². The molecule has 0 radical (unpaired) electrons. The van der Waals surface area contributed by atoms with E-state index in [1.54, 1.807) is 38.1 Å². The Balaban J connectivity index is 2.01. The Morgan fingerprint density at radius 1 is 0.828 bits per heavy atom. The third-order valence-electron chi connectivity index (χ3n) is 3.86. The van der Waals surface area contributed by atoms with Crippen molar-refractivity contribution in [3.8, 4) is 22.8 Å². The largest absolute Gasteiger partial charge is 0.461 e. The van der Waals surface area contributed by atoms with Crippen molar-refractivity contribution >= 4 is 11.9 Å². The van der Waals surface area contributed by atoms with Crippen LogP contribution in [0.3, 0.4) is 0 Å². The first-order chi connectivity index (χ1) is 14.0. The monoisotopic (exact) mass is 393 g/mol. The van der Waals surface area contributed by atoms with Crippen molar-refractivity contribution in [2.24, 2.45) is 0 Å². The molecular weight excluding hydrogens is 374 g/mol. The second-order valence-electron chi connectivity index (χ2n) is 5.90. The first-order valence-electron chi connectivity index (χ1n) is 9.05. The Morgan fingerprint density at radius 2 is 1.28 bits per heavy atom. The molecule has 0 aliphatic carbocycles. The van der Waals surface area contributed by atoms with Gasteiger partial charge in [-0.1, -0.05) is 12.1 Å². The predicted octanol–water partition coefficient (Wildman–Crippen LogP) is 2.85. The number of carbonyl (C=O) groups excluding carboxylic acids is 2. The Kier molecular flexibility index (Phi) is 6.13. The van der Waals surface area contributed by atoms with Gasteiger partial charge in [-0.15, -0.1) is 0 Å². The molecule has 3 rings (SSSR count). The Morgan fingerprint density at radius 3 is 1.69 bits per heavy atom. The predicted molar refractivity (Wildman–Crippen MR) is 105 cm³/mol. The lowest BCUT2D eigenvalue weighted by atomic mass is 10.1. The number of pyridine rings is 3. The highest BCUT2D eigenvalue weighted by Gasteiger charge is 2.13. The minimum absolute atomic E-state index is 0.137. The zero-order chi connectivity index (χ0) is 20.8. The molecule has 0 aliphatic heterocycles. The highest BCUT2D eigenvalue weighted by molar-refractivity contribution is 5.88. The van der Waals surface area contributed by atoms with Gasteiger partial charge in [0.2, 0.25) is 0 Å². The number of ether oxygens (including phenoxy) is 2. The van der Waals surface area contributed by atoms with Crippen molar-refractivity contribution in [2.75, 3.05) is 13.2 Å². The van der Waals surface area contributed by atoms with Crippen molar-refractivity contribution in [1.29, 1.82) is 0 Å². The van der Waals surface area contributed by atoms with Crippen molar-refractivity contribution in [3.05, 3.63) is 70.1 Å². The second-order valence-corrected chi connectivity index (χ2v) is 5.90. The van der Waals surface area contributed by atoms with Crippen LogP contribution in [0.1, 0.15) is 34.8 Å². The molecular formula is C21H19N3O5. The van der Waals surface area contributed by atoms with Crippen molar-refractivity contribution in [2.45, 2.75) is 13.8 Å². The summed E-state index contributed by atoms with van der Waals surface area (Å²) in [6.45, 7) is 3.89. The smallest absolute Gasteiger partial charge is 0.356 e. The Labute approximate surface area is 166 Å². The quantitative estimate of drug-likeness (QED) is 0.641. The fourth-order valence-corrected chi connectivity index (χ4v) is 2.63. The summed E-state index contributed by atoms with van der Waals surface area (Å²) in [6.07, 6.45) is 0. The normalized spacial score (nSPS) is 10.4. The lowest BCUT2D eigenvalue weighted by molar-refractivity contribution is 0.0510. The molecule has 0 spiro atoms. The molecule has 8 heteroatoms. The molecule has 0 atom stereocenters. The van der Waals surface area contributed by atoms with E-state index in [0.29, 0.717) is 22.8 Å². The number of esters is 2. The number of nitrogens with one attached hydrogen (secondary N) is 1. The highest BCUT2D eigenvalue weighted by Crippen LogP contribution is 2.19. The van der Waals surface area contributed by atoms with Gasteiger partial charge in [0.1, 0.15) is 11.4 Å². The zero-order valence-electron chi connectivity index (χ0n) is 16.0. The van der Waals surface area contributed by atoms with Crippen LogP contribution in [0.5, 0.6) is 0 Å². The Hall–Kier alpha value is -3.81. The number of rotatable bonds is 6. The molecule has 148 valence electrons. The molecule has 0 saturated heterocycles. The van der Waals surface area contributed by atoms with Crippen LogP contribution >= 0.6 is 0 Å². The minimum Gasteiger partial charge on any atom is -0.461 e. The number of aromatic amines is 1. The SMILES string of the molecule is CCOC(=O)c1cccc(-c2cc(=O)cc(-c3cccc(C(=O)OCC)n3)[nH]2)n1. The van der Waals surface area contributed by atoms with E-state index in [0.717, 1.165) is 0 Å². The van der Waals surface area contributed by atoms with Gasteiger partial charge >= 0.3 is 11.9 Å². The van der Waals surface area contributed by atoms with E-state index in [2.05, 4.69) is 15.0 Å². The van der Waals surface area contributed by atoms with Crippen LogP contribution in [-0.4, -0.2) is 40.1 Å². The van der Waals surface area contributed by atoms with Gasteiger partial charge in [0.25, 0.3) is 0 Å². The maximum Gasteiger partial charge on any atom is 0.356 e. The topological polar surface area (TPSA) is 111 Å². The third-order valence-corrected chi connectivity index (χ3v) is 3.86. The van der Waals surface area contributed by atoms with Crippen LogP contribution < -0.4 is 5.43 Å². The zero-order valence-corrected chi connectivity index (χ0v) is 16.0. The van der Waals surface area contributed by atoms with Crippen LogP contribution in [0.2, 0.25) is 0 Å². The number of H-pyrrole nitrogens is 1. The lowest BCUT2D eigenvalue weighted by Crippen LogP contribution is -2.09. The minimum atomic E-state index is -0.545.